The van der Waals surface area contributed by atoms with E-state index in [2.05, 4.69) is 11.1 Å². The van der Waals surface area contributed by atoms with Crippen LogP contribution in [0.5, 0.6) is 0 Å². The van der Waals surface area contributed by atoms with Gasteiger partial charge in [-0.25, -0.2) is 4.98 Å². The molecule has 0 aliphatic heterocycles. The van der Waals surface area contributed by atoms with Crippen molar-refractivity contribution >= 4 is 16.8 Å². The number of aromatic nitrogens is 1. The first-order chi connectivity index (χ1) is 7.83. The summed E-state index contributed by atoms with van der Waals surface area (Å²) in [5.41, 5.74) is 8.76. The standard InChI is InChI=1S/C13H9N2O/c14-10-5-3-4-9(8-10)13-15-11-6-1-2-7-12(11)16-13/h1-3,5-8H,14H2. The number of rotatable bonds is 1. The summed E-state index contributed by atoms with van der Waals surface area (Å²) in [7, 11) is 0. The minimum atomic E-state index is 0.550. The molecule has 1 radical (unpaired) electrons. The Hall–Kier alpha value is -2.29. The van der Waals surface area contributed by atoms with Gasteiger partial charge in [0.2, 0.25) is 5.89 Å². The summed E-state index contributed by atoms with van der Waals surface area (Å²) in [5.74, 6) is 0.550. The number of anilines is 1. The lowest BCUT2D eigenvalue weighted by Gasteiger charge is -1.95. The molecule has 1 aromatic heterocycles. The number of fused-ring (bicyclic) bond motifs is 1. The van der Waals surface area contributed by atoms with Gasteiger partial charge in [0.05, 0.1) is 0 Å². The molecule has 0 aliphatic carbocycles. The summed E-state index contributed by atoms with van der Waals surface area (Å²) < 4.78 is 5.61. The van der Waals surface area contributed by atoms with E-state index < -0.39 is 0 Å². The Bertz CT molecular complexity index is 610. The van der Waals surface area contributed by atoms with Gasteiger partial charge < -0.3 is 10.2 Å². The molecule has 0 saturated heterocycles. The third-order valence-corrected chi connectivity index (χ3v) is 2.35. The molecule has 0 bridgehead atoms. The third-order valence-electron chi connectivity index (χ3n) is 2.35. The summed E-state index contributed by atoms with van der Waals surface area (Å²) in [6.07, 6.45) is 0. The number of nitrogens with two attached hydrogens (primary N) is 1. The highest BCUT2D eigenvalue weighted by Gasteiger charge is 2.07. The van der Waals surface area contributed by atoms with Crippen LogP contribution >= 0.6 is 0 Å². The molecule has 3 nitrogen and oxygen atoms in total. The Kier molecular flexibility index (Phi) is 1.90. The second kappa shape index (κ2) is 3.38. The summed E-state index contributed by atoms with van der Waals surface area (Å²) in [4.78, 5) is 4.37. The molecular formula is C13H9N2O. The van der Waals surface area contributed by atoms with Crippen molar-refractivity contribution in [3.63, 3.8) is 0 Å². The van der Waals surface area contributed by atoms with Crippen molar-refractivity contribution in [2.24, 2.45) is 0 Å². The average Bonchev–Trinajstić information content (AvgIpc) is 2.72. The van der Waals surface area contributed by atoms with E-state index in [1.807, 2.05) is 24.3 Å². The zero-order valence-electron chi connectivity index (χ0n) is 8.47. The van der Waals surface area contributed by atoms with E-state index in [4.69, 9.17) is 10.2 Å². The normalized spacial score (nSPS) is 10.8. The van der Waals surface area contributed by atoms with Crippen molar-refractivity contribution in [3.8, 4) is 11.5 Å². The molecule has 3 heteroatoms. The van der Waals surface area contributed by atoms with Crippen LogP contribution in [0.15, 0.2) is 46.9 Å². The first kappa shape index (κ1) is 8.97. The maximum Gasteiger partial charge on any atom is 0.228 e. The molecule has 1 heterocycles. The highest BCUT2D eigenvalue weighted by molar-refractivity contribution is 5.76. The van der Waals surface area contributed by atoms with Crippen molar-refractivity contribution in [1.29, 1.82) is 0 Å². The molecule has 0 fully saturated rings. The largest absolute Gasteiger partial charge is 0.436 e. The molecular weight excluding hydrogens is 200 g/mol. The van der Waals surface area contributed by atoms with E-state index in [0.717, 1.165) is 16.7 Å². The van der Waals surface area contributed by atoms with Crippen LogP contribution in [-0.2, 0) is 0 Å². The predicted molar refractivity (Wildman–Crippen MR) is 62.7 cm³/mol. The summed E-state index contributed by atoms with van der Waals surface area (Å²) in [6.45, 7) is 0. The van der Waals surface area contributed by atoms with Crippen LogP contribution in [0, 0.1) is 6.07 Å². The number of benzene rings is 2. The SMILES string of the molecule is Nc1cc[c]c(-c2nc3ccccc3o2)c1. The van der Waals surface area contributed by atoms with Crippen molar-refractivity contribution in [3.05, 3.63) is 48.5 Å². The van der Waals surface area contributed by atoms with Crippen molar-refractivity contribution in [1.82, 2.24) is 4.98 Å². The van der Waals surface area contributed by atoms with Gasteiger partial charge in [-0.3, -0.25) is 0 Å². The van der Waals surface area contributed by atoms with Gasteiger partial charge in [0.1, 0.15) is 5.52 Å². The molecule has 3 aromatic rings. The number of oxazole rings is 1. The molecule has 0 unspecified atom stereocenters. The Morgan fingerprint density at radius 2 is 2.06 bits per heavy atom. The minimum Gasteiger partial charge on any atom is -0.436 e. The van der Waals surface area contributed by atoms with Crippen LogP contribution in [0.2, 0.25) is 0 Å². The number of nitrogen functional groups attached to an aromatic ring is 1. The fraction of sp³-hybridized carbons (Fsp3) is 0. The summed E-state index contributed by atoms with van der Waals surface area (Å²) in [5, 5.41) is 0. The Morgan fingerprint density at radius 1 is 1.19 bits per heavy atom. The molecule has 0 amide bonds. The van der Waals surface area contributed by atoms with Crippen molar-refractivity contribution in [2.45, 2.75) is 0 Å². The molecule has 0 aliphatic rings. The second-order valence-electron chi connectivity index (χ2n) is 3.52. The number of hydrogen-bond acceptors (Lipinski definition) is 3. The van der Waals surface area contributed by atoms with Crippen molar-refractivity contribution < 1.29 is 4.42 Å². The predicted octanol–water partition coefficient (Wildman–Crippen LogP) is 2.88. The van der Waals surface area contributed by atoms with Crippen molar-refractivity contribution in [2.75, 3.05) is 5.73 Å². The zero-order chi connectivity index (χ0) is 11.0. The molecule has 2 aromatic carbocycles. The lowest BCUT2D eigenvalue weighted by molar-refractivity contribution is 0.620. The highest BCUT2D eigenvalue weighted by Crippen LogP contribution is 2.24. The van der Waals surface area contributed by atoms with Crippen LogP contribution in [0.1, 0.15) is 0 Å². The van der Waals surface area contributed by atoms with E-state index in [-0.39, 0.29) is 0 Å². The number of hydrogen-bond donors (Lipinski definition) is 1. The zero-order valence-corrected chi connectivity index (χ0v) is 8.47. The van der Waals surface area contributed by atoms with Crippen LogP contribution in [0.4, 0.5) is 5.69 Å². The van der Waals surface area contributed by atoms with Crippen LogP contribution in [-0.4, -0.2) is 4.98 Å². The van der Waals surface area contributed by atoms with Gasteiger partial charge in [-0.2, -0.15) is 0 Å². The Morgan fingerprint density at radius 3 is 2.88 bits per heavy atom. The Labute approximate surface area is 92.5 Å². The second-order valence-corrected chi connectivity index (χ2v) is 3.52. The van der Waals surface area contributed by atoms with E-state index in [9.17, 15) is 0 Å². The van der Waals surface area contributed by atoms with Gasteiger partial charge >= 0.3 is 0 Å². The lowest BCUT2D eigenvalue weighted by atomic mass is 10.2. The molecule has 0 saturated carbocycles. The molecule has 0 spiro atoms. The fourth-order valence-corrected chi connectivity index (χ4v) is 1.60. The van der Waals surface area contributed by atoms with Crippen LogP contribution in [0.25, 0.3) is 22.6 Å². The molecule has 0 atom stereocenters. The van der Waals surface area contributed by atoms with E-state index in [0.29, 0.717) is 11.6 Å². The van der Waals surface area contributed by atoms with Gasteiger partial charge in [0, 0.05) is 11.3 Å². The lowest BCUT2D eigenvalue weighted by Crippen LogP contribution is -1.85. The molecule has 2 N–H and O–H groups in total. The number of nitrogens with zero attached hydrogens (tertiary/aromatic N) is 1. The van der Waals surface area contributed by atoms with E-state index >= 15 is 0 Å². The van der Waals surface area contributed by atoms with Gasteiger partial charge in [0.15, 0.2) is 5.58 Å². The van der Waals surface area contributed by atoms with Gasteiger partial charge in [-0.05, 0) is 30.3 Å². The molecule has 16 heavy (non-hydrogen) atoms. The minimum absolute atomic E-state index is 0.550. The van der Waals surface area contributed by atoms with Crippen LogP contribution in [0.3, 0.4) is 0 Å². The van der Waals surface area contributed by atoms with Gasteiger partial charge in [-0.1, -0.05) is 18.2 Å². The smallest absolute Gasteiger partial charge is 0.228 e. The van der Waals surface area contributed by atoms with E-state index in [1.165, 1.54) is 0 Å². The fourth-order valence-electron chi connectivity index (χ4n) is 1.60. The van der Waals surface area contributed by atoms with Gasteiger partial charge in [0.25, 0.3) is 0 Å². The van der Waals surface area contributed by atoms with Crippen LogP contribution < -0.4 is 5.73 Å². The monoisotopic (exact) mass is 209 g/mol. The summed E-state index contributed by atoms with van der Waals surface area (Å²) >= 11 is 0. The quantitative estimate of drug-likeness (QED) is 0.627. The average molecular weight is 209 g/mol. The maximum absolute atomic E-state index is 5.70. The number of para-hydroxylation sites is 2. The van der Waals surface area contributed by atoms with E-state index in [1.54, 1.807) is 18.2 Å². The molecule has 77 valence electrons. The molecule has 3 rings (SSSR count). The third kappa shape index (κ3) is 1.42. The topological polar surface area (TPSA) is 52.0 Å². The van der Waals surface area contributed by atoms with Gasteiger partial charge in [-0.15, -0.1) is 0 Å². The Balaban J connectivity index is 2.19. The first-order valence-electron chi connectivity index (χ1n) is 4.96. The first-order valence-corrected chi connectivity index (χ1v) is 4.96. The maximum atomic E-state index is 5.70. The summed E-state index contributed by atoms with van der Waals surface area (Å²) in [6, 6.07) is 16.0. The highest BCUT2D eigenvalue weighted by atomic mass is 16.3.